The first-order valence-corrected chi connectivity index (χ1v) is 5.70. The molecule has 1 N–H and O–H groups in total. The first-order chi connectivity index (χ1) is 7.72. The van der Waals surface area contributed by atoms with Crippen LogP contribution in [0, 0.1) is 0 Å². The Kier molecular flexibility index (Phi) is 6.08. The average Bonchev–Trinajstić information content (AvgIpc) is 2.30. The van der Waals surface area contributed by atoms with Gasteiger partial charge >= 0.3 is 0 Å². The highest BCUT2D eigenvalue weighted by atomic mass is 16.5. The number of hydrogen-bond acceptors (Lipinski definition) is 3. The maximum absolute atomic E-state index is 9.66. The molecule has 16 heavy (non-hydrogen) atoms. The molecule has 3 heteroatoms. The third-order valence-electron chi connectivity index (χ3n) is 2.48. The summed E-state index contributed by atoms with van der Waals surface area (Å²) < 4.78 is 5.45. The van der Waals surface area contributed by atoms with Crippen molar-refractivity contribution in [3.63, 3.8) is 0 Å². The Morgan fingerprint density at radius 2 is 2.00 bits per heavy atom. The Morgan fingerprint density at radius 1 is 1.31 bits per heavy atom. The van der Waals surface area contributed by atoms with Crippen molar-refractivity contribution in [1.29, 1.82) is 0 Å². The molecule has 0 aliphatic carbocycles. The Labute approximate surface area is 97.7 Å². The highest BCUT2D eigenvalue weighted by Crippen LogP contribution is 2.01. The first kappa shape index (κ1) is 13.2. The summed E-state index contributed by atoms with van der Waals surface area (Å²) in [5.41, 5.74) is 1.14. The zero-order chi connectivity index (χ0) is 11.8. The van der Waals surface area contributed by atoms with Crippen molar-refractivity contribution in [1.82, 2.24) is 4.90 Å². The number of hydrogen-bond donors (Lipinski definition) is 1. The Balaban J connectivity index is 2.15. The molecule has 0 radical (unpaired) electrons. The van der Waals surface area contributed by atoms with E-state index in [4.69, 9.17) is 4.74 Å². The highest BCUT2D eigenvalue weighted by molar-refractivity contribution is 5.13. The molecule has 90 valence electrons. The second kappa shape index (κ2) is 7.39. The van der Waals surface area contributed by atoms with E-state index in [1.54, 1.807) is 0 Å². The molecule has 0 bridgehead atoms. The van der Waals surface area contributed by atoms with Crippen molar-refractivity contribution in [2.45, 2.75) is 19.6 Å². The second-order valence-electron chi connectivity index (χ2n) is 4.01. The van der Waals surface area contributed by atoms with Gasteiger partial charge in [0.05, 0.1) is 19.3 Å². The van der Waals surface area contributed by atoms with Crippen molar-refractivity contribution in [2.75, 3.05) is 26.7 Å². The van der Waals surface area contributed by atoms with Gasteiger partial charge in [0.1, 0.15) is 0 Å². The van der Waals surface area contributed by atoms with Gasteiger partial charge in [-0.2, -0.15) is 0 Å². The standard InChI is InChI=1S/C13H21NO2/c1-3-14(2)9-13(15)11-16-10-12-7-5-4-6-8-12/h4-8,13,15H,3,9-11H2,1-2H3. The van der Waals surface area contributed by atoms with Crippen LogP contribution in [0.15, 0.2) is 30.3 Å². The van der Waals surface area contributed by atoms with Crippen molar-refractivity contribution in [2.24, 2.45) is 0 Å². The van der Waals surface area contributed by atoms with E-state index >= 15 is 0 Å². The van der Waals surface area contributed by atoms with Gasteiger partial charge in [-0.1, -0.05) is 37.3 Å². The quantitative estimate of drug-likeness (QED) is 0.760. The van der Waals surface area contributed by atoms with E-state index < -0.39 is 6.10 Å². The Bertz CT molecular complexity index is 277. The average molecular weight is 223 g/mol. The fourth-order valence-corrected chi connectivity index (χ4v) is 1.43. The van der Waals surface area contributed by atoms with Gasteiger partial charge in [0.25, 0.3) is 0 Å². The lowest BCUT2D eigenvalue weighted by atomic mass is 10.2. The van der Waals surface area contributed by atoms with Crippen LogP contribution in [-0.2, 0) is 11.3 Å². The van der Waals surface area contributed by atoms with E-state index in [0.717, 1.165) is 12.1 Å². The van der Waals surface area contributed by atoms with E-state index in [0.29, 0.717) is 19.8 Å². The fourth-order valence-electron chi connectivity index (χ4n) is 1.43. The predicted molar refractivity (Wildman–Crippen MR) is 65.3 cm³/mol. The molecule has 0 spiro atoms. The van der Waals surface area contributed by atoms with E-state index in [-0.39, 0.29) is 0 Å². The van der Waals surface area contributed by atoms with Crippen LogP contribution in [0.5, 0.6) is 0 Å². The minimum Gasteiger partial charge on any atom is -0.389 e. The third-order valence-corrected chi connectivity index (χ3v) is 2.48. The molecule has 1 rings (SSSR count). The molecular weight excluding hydrogens is 202 g/mol. The van der Waals surface area contributed by atoms with E-state index in [1.807, 2.05) is 37.4 Å². The maximum Gasteiger partial charge on any atom is 0.0900 e. The number of likely N-dealkylation sites (N-methyl/N-ethyl adjacent to an activating group) is 1. The highest BCUT2D eigenvalue weighted by Gasteiger charge is 2.06. The van der Waals surface area contributed by atoms with Crippen molar-refractivity contribution < 1.29 is 9.84 Å². The second-order valence-corrected chi connectivity index (χ2v) is 4.01. The van der Waals surface area contributed by atoms with Crippen molar-refractivity contribution in [3.05, 3.63) is 35.9 Å². The smallest absolute Gasteiger partial charge is 0.0900 e. The molecule has 1 unspecified atom stereocenters. The molecule has 3 nitrogen and oxygen atoms in total. The summed E-state index contributed by atoms with van der Waals surface area (Å²) in [5.74, 6) is 0. The van der Waals surface area contributed by atoms with Gasteiger partial charge in [-0.3, -0.25) is 0 Å². The molecule has 0 heterocycles. The number of aliphatic hydroxyl groups is 1. The van der Waals surface area contributed by atoms with Crippen LogP contribution >= 0.6 is 0 Å². The maximum atomic E-state index is 9.66. The zero-order valence-electron chi connectivity index (χ0n) is 10.1. The number of nitrogens with zero attached hydrogens (tertiary/aromatic N) is 1. The van der Waals surface area contributed by atoms with Gasteiger partial charge in [-0.05, 0) is 19.2 Å². The van der Waals surface area contributed by atoms with E-state index in [9.17, 15) is 5.11 Å². The van der Waals surface area contributed by atoms with Crippen molar-refractivity contribution in [3.8, 4) is 0 Å². The summed E-state index contributed by atoms with van der Waals surface area (Å²) >= 11 is 0. The van der Waals surface area contributed by atoms with Gasteiger partial charge < -0.3 is 14.7 Å². The van der Waals surface area contributed by atoms with Gasteiger partial charge in [0.2, 0.25) is 0 Å². The summed E-state index contributed by atoms with van der Waals surface area (Å²) in [6, 6.07) is 9.99. The number of benzene rings is 1. The molecule has 0 aromatic heterocycles. The van der Waals surface area contributed by atoms with Crippen LogP contribution in [0.3, 0.4) is 0 Å². The lowest BCUT2D eigenvalue weighted by Gasteiger charge is -2.18. The summed E-state index contributed by atoms with van der Waals surface area (Å²) in [6.07, 6.45) is -0.409. The van der Waals surface area contributed by atoms with E-state index in [2.05, 4.69) is 11.8 Å². The summed E-state index contributed by atoms with van der Waals surface area (Å²) in [5, 5.41) is 9.66. The zero-order valence-corrected chi connectivity index (χ0v) is 10.1. The summed E-state index contributed by atoms with van der Waals surface area (Å²) in [4.78, 5) is 2.07. The molecule has 0 saturated heterocycles. The first-order valence-electron chi connectivity index (χ1n) is 5.70. The number of aliphatic hydroxyl groups excluding tert-OH is 1. The molecular formula is C13H21NO2. The molecule has 1 aromatic rings. The monoisotopic (exact) mass is 223 g/mol. The lowest BCUT2D eigenvalue weighted by molar-refractivity contribution is 0.0144. The van der Waals surface area contributed by atoms with Crippen LogP contribution in [-0.4, -0.2) is 42.9 Å². The topological polar surface area (TPSA) is 32.7 Å². The molecule has 0 fully saturated rings. The van der Waals surface area contributed by atoms with Crippen molar-refractivity contribution >= 4 is 0 Å². The largest absolute Gasteiger partial charge is 0.389 e. The minimum absolute atomic E-state index is 0.388. The SMILES string of the molecule is CCN(C)CC(O)COCc1ccccc1. The number of rotatable bonds is 7. The Morgan fingerprint density at radius 3 is 2.62 bits per heavy atom. The van der Waals surface area contributed by atoms with Crippen LogP contribution in [0.2, 0.25) is 0 Å². The van der Waals surface area contributed by atoms with E-state index in [1.165, 1.54) is 0 Å². The molecule has 1 atom stereocenters. The summed E-state index contributed by atoms with van der Waals surface area (Å²) in [7, 11) is 1.99. The normalized spacial score (nSPS) is 13.0. The third kappa shape index (κ3) is 5.26. The summed E-state index contributed by atoms with van der Waals surface area (Å²) in [6.45, 7) is 4.62. The molecule has 0 saturated carbocycles. The number of ether oxygens (including phenoxy) is 1. The Hall–Kier alpha value is -0.900. The van der Waals surface area contributed by atoms with Gasteiger partial charge in [-0.25, -0.2) is 0 Å². The van der Waals surface area contributed by atoms with Gasteiger partial charge in [0, 0.05) is 6.54 Å². The lowest BCUT2D eigenvalue weighted by Crippen LogP contribution is -2.31. The van der Waals surface area contributed by atoms with Crippen LogP contribution in [0.25, 0.3) is 0 Å². The predicted octanol–water partition coefficient (Wildman–Crippen LogP) is 1.52. The molecule has 0 aliphatic rings. The van der Waals surface area contributed by atoms with Crippen LogP contribution in [0.1, 0.15) is 12.5 Å². The molecule has 0 amide bonds. The molecule has 0 aliphatic heterocycles. The van der Waals surface area contributed by atoms with Crippen LogP contribution < -0.4 is 0 Å². The van der Waals surface area contributed by atoms with Crippen LogP contribution in [0.4, 0.5) is 0 Å². The van der Waals surface area contributed by atoms with Gasteiger partial charge in [0.15, 0.2) is 0 Å². The fraction of sp³-hybridized carbons (Fsp3) is 0.538. The molecule has 1 aromatic carbocycles. The minimum atomic E-state index is -0.409. The van der Waals surface area contributed by atoms with Gasteiger partial charge in [-0.15, -0.1) is 0 Å².